The van der Waals surface area contributed by atoms with Crippen LogP contribution in [0.3, 0.4) is 0 Å². The van der Waals surface area contributed by atoms with E-state index in [1.807, 2.05) is 36.1 Å². The molecule has 0 aliphatic carbocycles. The molecular formula is C16H16N2O. The average molecular weight is 252 g/mol. The highest BCUT2D eigenvalue weighted by atomic mass is 16.2. The maximum absolute atomic E-state index is 12.5. The van der Waals surface area contributed by atoms with E-state index in [0.717, 1.165) is 16.8 Å². The first-order valence-electron chi connectivity index (χ1n) is 6.35. The first kappa shape index (κ1) is 11.8. The van der Waals surface area contributed by atoms with Crippen LogP contribution < -0.4 is 10.6 Å². The van der Waals surface area contributed by atoms with Crippen molar-refractivity contribution >= 4 is 17.3 Å². The van der Waals surface area contributed by atoms with Gasteiger partial charge < -0.3 is 10.6 Å². The Morgan fingerprint density at radius 2 is 1.84 bits per heavy atom. The molecule has 2 aromatic rings. The zero-order valence-corrected chi connectivity index (χ0v) is 11.1. The fraction of sp³-hybridized carbons (Fsp3) is 0.188. The van der Waals surface area contributed by atoms with Crippen molar-refractivity contribution in [3.63, 3.8) is 0 Å². The molecule has 96 valence electrons. The molecule has 2 aromatic carbocycles. The minimum absolute atomic E-state index is 0.00167. The van der Waals surface area contributed by atoms with E-state index in [2.05, 4.69) is 13.0 Å². The van der Waals surface area contributed by atoms with E-state index >= 15 is 0 Å². The van der Waals surface area contributed by atoms with E-state index in [9.17, 15) is 4.79 Å². The first-order valence-corrected chi connectivity index (χ1v) is 6.35. The van der Waals surface area contributed by atoms with Crippen molar-refractivity contribution in [2.24, 2.45) is 0 Å². The van der Waals surface area contributed by atoms with Gasteiger partial charge in [0.2, 0.25) is 0 Å². The van der Waals surface area contributed by atoms with E-state index < -0.39 is 0 Å². The van der Waals surface area contributed by atoms with Crippen LogP contribution in [0.2, 0.25) is 0 Å². The average Bonchev–Trinajstić information content (AvgIpc) is 2.72. The van der Waals surface area contributed by atoms with Gasteiger partial charge in [-0.15, -0.1) is 0 Å². The van der Waals surface area contributed by atoms with Crippen LogP contribution in [0.4, 0.5) is 11.4 Å². The number of anilines is 2. The number of benzene rings is 2. The summed E-state index contributed by atoms with van der Waals surface area (Å²) in [6, 6.07) is 11.7. The van der Waals surface area contributed by atoms with Crippen LogP contribution in [0.1, 0.15) is 27.0 Å². The van der Waals surface area contributed by atoms with E-state index in [0.29, 0.717) is 17.8 Å². The number of carbonyl (C=O) groups excluding carboxylic acids is 1. The van der Waals surface area contributed by atoms with Gasteiger partial charge in [0.1, 0.15) is 0 Å². The Hall–Kier alpha value is -2.29. The summed E-state index contributed by atoms with van der Waals surface area (Å²) < 4.78 is 0. The standard InChI is InChI=1S/C16H16N2O/c1-10-5-3-8-14(11(10)2)18-9-12-6-4-7-13(17)15(12)16(18)19/h3-8H,9,17H2,1-2H3. The van der Waals surface area contributed by atoms with Crippen LogP contribution in [0.25, 0.3) is 0 Å². The van der Waals surface area contributed by atoms with Gasteiger partial charge >= 0.3 is 0 Å². The summed E-state index contributed by atoms with van der Waals surface area (Å²) in [5, 5.41) is 0. The predicted molar refractivity (Wildman–Crippen MR) is 77.3 cm³/mol. The maximum atomic E-state index is 12.5. The summed E-state index contributed by atoms with van der Waals surface area (Å²) in [5.41, 5.74) is 11.5. The van der Waals surface area contributed by atoms with Crippen molar-refractivity contribution in [2.75, 3.05) is 10.6 Å². The molecule has 3 heteroatoms. The van der Waals surface area contributed by atoms with Gasteiger partial charge in [-0.05, 0) is 42.7 Å². The maximum Gasteiger partial charge on any atom is 0.261 e. The highest BCUT2D eigenvalue weighted by Crippen LogP contribution is 2.33. The lowest BCUT2D eigenvalue weighted by atomic mass is 10.1. The van der Waals surface area contributed by atoms with Gasteiger partial charge in [-0.25, -0.2) is 0 Å². The Bertz CT molecular complexity index is 676. The smallest absolute Gasteiger partial charge is 0.261 e. The monoisotopic (exact) mass is 252 g/mol. The number of nitrogen functional groups attached to an aromatic ring is 1. The first-order chi connectivity index (χ1) is 9.09. The number of hydrogen-bond acceptors (Lipinski definition) is 2. The van der Waals surface area contributed by atoms with Gasteiger partial charge in [-0.2, -0.15) is 0 Å². The number of carbonyl (C=O) groups is 1. The lowest BCUT2D eigenvalue weighted by molar-refractivity contribution is 0.0997. The van der Waals surface area contributed by atoms with Crippen molar-refractivity contribution in [3.8, 4) is 0 Å². The third kappa shape index (κ3) is 1.70. The van der Waals surface area contributed by atoms with Crippen molar-refractivity contribution in [3.05, 3.63) is 58.7 Å². The second-order valence-electron chi connectivity index (χ2n) is 4.99. The largest absolute Gasteiger partial charge is 0.398 e. The number of hydrogen-bond donors (Lipinski definition) is 1. The summed E-state index contributed by atoms with van der Waals surface area (Å²) in [7, 11) is 0. The molecule has 1 aliphatic heterocycles. The van der Waals surface area contributed by atoms with Gasteiger partial charge in [0.05, 0.1) is 12.1 Å². The van der Waals surface area contributed by atoms with Crippen molar-refractivity contribution in [1.82, 2.24) is 0 Å². The molecule has 0 saturated heterocycles. The molecule has 0 atom stereocenters. The third-order valence-corrected chi connectivity index (χ3v) is 3.84. The van der Waals surface area contributed by atoms with E-state index in [1.165, 1.54) is 5.56 Å². The van der Waals surface area contributed by atoms with Gasteiger partial charge in [0.15, 0.2) is 0 Å². The van der Waals surface area contributed by atoms with Gasteiger partial charge in [-0.3, -0.25) is 4.79 Å². The highest BCUT2D eigenvalue weighted by molar-refractivity contribution is 6.13. The van der Waals surface area contributed by atoms with Crippen LogP contribution in [-0.4, -0.2) is 5.91 Å². The Labute approximate surface area is 112 Å². The van der Waals surface area contributed by atoms with Gasteiger partial charge in [0, 0.05) is 11.4 Å². The number of nitrogens with two attached hydrogens (primary N) is 1. The van der Waals surface area contributed by atoms with Crippen LogP contribution in [-0.2, 0) is 6.54 Å². The van der Waals surface area contributed by atoms with Crippen LogP contribution in [0, 0.1) is 13.8 Å². The topological polar surface area (TPSA) is 46.3 Å². The molecule has 1 amide bonds. The second-order valence-corrected chi connectivity index (χ2v) is 4.99. The Kier molecular flexibility index (Phi) is 2.56. The number of aryl methyl sites for hydroxylation is 1. The van der Waals surface area contributed by atoms with Crippen LogP contribution in [0.15, 0.2) is 36.4 Å². The quantitative estimate of drug-likeness (QED) is 0.793. The molecule has 3 rings (SSSR count). The fourth-order valence-corrected chi connectivity index (χ4v) is 2.61. The molecule has 0 saturated carbocycles. The summed E-state index contributed by atoms with van der Waals surface area (Å²) in [5.74, 6) is 0.00167. The second kappa shape index (κ2) is 4.12. The molecule has 2 N–H and O–H groups in total. The normalized spacial score (nSPS) is 13.8. The zero-order valence-electron chi connectivity index (χ0n) is 11.1. The predicted octanol–water partition coefficient (Wildman–Crippen LogP) is 3.05. The fourth-order valence-electron chi connectivity index (χ4n) is 2.61. The molecule has 0 aromatic heterocycles. The summed E-state index contributed by atoms with van der Waals surface area (Å²) >= 11 is 0. The number of fused-ring (bicyclic) bond motifs is 1. The molecule has 0 fully saturated rings. The zero-order chi connectivity index (χ0) is 13.6. The van der Waals surface area contributed by atoms with E-state index in [-0.39, 0.29) is 5.91 Å². The summed E-state index contributed by atoms with van der Waals surface area (Å²) in [6.07, 6.45) is 0. The minimum atomic E-state index is 0.00167. The number of nitrogens with zero attached hydrogens (tertiary/aromatic N) is 1. The molecular weight excluding hydrogens is 236 g/mol. The highest BCUT2D eigenvalue weighted by Gasteiger charge is 2.30. The summed E-state index contributed by atoms with van der Waals surface area (Å²) in [4.78, 5) is 14.3. The molecule has 19 heavy (non-hydrogen) atoms. The SMILES string of the molecule is Cc1cccc(N2Cc3cccc(N)c3C2=O)c1C. The number of amides is 1. The molecule has 1 heterocycles. The lowest BCUT2D eigenvalue weighted by Gasteiger charge is -2.19. The van der Waals surface area contributed by atoms with E-state index in [1.54, 1.807) is 6.07 Å². The molecule has 1 aliphatic rings. The Morgan fingerprint density at radius 3 is 2.58 bits per heavy atom. The Morgan fingerprint density at radius 1 is 1.11 bits per heavy atom. The molecule has 0 spiro atoms. The van der Waals surface area contributed by atoms with Crippen molar-refractivity contribution < 1.29 is 4.79 Å². The van der Waals surface area contributed by atoms with Crippen molar-refractivity contribution in [1.29, 1.82) is 0 Å². The van der Waals surface area contributed by atoms with E-state index in [4.69, 9.17) is 5.73 Å². The van der Waals surface area contributed by atoms with Crippen molar-refractivity contribution in [2.45, 2.75) is 20.4 Å². The lowest BCUT2D eigenvalue weighted by Crippen LogP contribution is -2.24. The minimum Gasteiger partial charge on any atom is -0.398 e. The molecule has 0 unspecified atom stereocenters. The van der Waals surface area contributed by atoms with Crippen LogP contribution in [0.5, 0.6) is 0 Å². The third-order valence-electron chi connectivity index (χ3n) is 3.84. The molecule has 3 nitrogen and oxygen atoms in total. The summed E-state index contributed by atoms with van der Waals surface area (Å²) in [6.45, 7) is 4.70. The molecule has 0 radical (unpaired) electrons. The number of rotatable bonds is 1. The molecule has 0 bridgehead atoms. The Balaban J connectivity index is 2.10. The van der Waals surface area contributed by atoms with Gasteiger partial charge in [-0.1, -0.05) is 24.3 Å². The van der Waals surface area contributed by atoms with Gasteiger partial charge in [0.25, 0.3) is 5.91 Å². The van der Waals surface area contributed by atoms with Crippen LogP contribution >= 0.6 is 0 Å².